The molecule has 0 bridgehead atoms. The maximum absolute atomic E-state index is 5.39. The molecule has 0 amide bonds. The molecule has 1 aliphatic carbocycles. The van der Waals surface area contributed by atoms with Gasteiger partial charge in [0, 0.05) is 38.4 Å². The quantitative estimate of drug-likeness (QED) is 0.185. The summed E-state index contributed by atoms with van der Waals surface area (Å²) >= 11 is 0. The van der Waals surface area contributed by atoms with Crippen LogP contribution in [-0.4, -0.2) is 14.1 Å². The van der Waals surface area contributed by atoms with E-state index in [2.05, 4.69) is 185 Å². The van der Waals surface area contributed by atoms with Crippen LogP contribution in [0.1, 0.15) is 0 Å². The molecule has 3 aromatic heterocycles. The van der Waals surface area contributed by atoms with Gasteiger partial charge in [-0.1, -0.05) is 109 Å². The van der Waals surface area contributed by atoms with Gasteiger partial charge in [-0.05, 0) is 105 Å². The standard InChI is InChI=1S/C49H29N3/c1-2-14-35(15-3-1)51-44-23-20-34(28-41(44)42-26-31-10-4-5-11-32(31)29-46(42)51)33-21-24-45-40(27-33)36-16-6-7-19-43(36)52(45)47-25-22-38-37-17-8-12-30-13-9-18-39(48(30)37)49(38)50-47/h1-29H. The molecule has 11 aromatic rings. The van der Waals surface area contributed by atoms with Gasteiger partial charge in [0.15, 0.2) is 0 Å². The van der Waals surface area contributed by atoms with E-state index in [4.69, 9.17) is 4.98 Å². The zero-order valence-corrected chi connectivity index (χ0v) is 28.1. The van der Waals surface area contributed by atoms with Crippen molar-refractivity contribution in [3.05, 3.63) is 176 Å². The van der Waals surface area contributed by atoms with Crippen LogP contribution in [0.5, 0.6) is 0 Å². The topological polar surface area (TPSA) is 22.8 Å². The van der Waals surface area contributed by atoms with Gasteiger partial charge in [-0.3, -0.25) is 4.57 Å². The Kier molecular flexibility index (Phi) is 5.50. The fourth-order valence-electron chi connectivity index (χ4n) is 8.90. The Morgan fingerprint density at radius 2 is 0.962 bits per heavy atom. The van der Waals surface area contributed by atoms with E-state index < -0.39 is 0 Å². The SMILES string of the molecule is c1ccc(-n2c3ccc(-c4ccc5c(c4)c4ccccc4n5-c4ccc5c(n4)-c4cccc6cccc-5c46)cc3c3cc4ccccc4cc32)cc1. The van der Waals surface area contributed by atoms with Gasteiger partial charge < -0.3 is 4.57 Å². The summed E-state index contributed by atoms with van der Waals surface area (Å²) in [4.78, 5) is 5.39. The number of benzene rings is 8. The van der Waals surface area contributed by atoms with Gasteiger partial charge in [-0.2, -0.15) is 0 Å². The molecule has 0 spiro atoms. The van der Waals surface area contributed by atoms with Crippen molar-refractivity contribution in [2.45, 2.75) is 0 Å². The highest BCUT2D eigenvalue weighted by atomic mass is 15.1. The molecule has 240 valence electrons. The Bertz CT molecular complexity index is 3280. The predicted octanol–water partition coefficient (Wildman–Crippen LogP) is 12.9. The molecule has 1 aliphatic rings. The Balaban J connectivity index is 1.05. The summed E-state index contributed by atoms with van der Waals surface area (Å²) in [7, 11) is 0. The third kappa shape index (κ3) is 3.77. The summed E-state index contributed by atoms with van der Waals surface area (Å²) in [5, 5.41) is 10.0. The van der Waals surface area contributed by atoms with Crippen LogP contribution in [0, 0.1) is 0 Å². The third-order valence-corrected chi connectivity index (χ3v) is 11.2. The number of hydrogen-bond acceptors (Lipinski definition) is 1. The van der Waals surface area contributed by atoms with Crippen molar-refractivity contribution in [3.8, 4) is 45.0 Å². The number of rotatable bonds is 3. The summed E-state index contributed by atoms with van der Waals surface area (Å²) in [6.45, 7) is 0. The van der Waals surface area contributed by atoms with Crippen molar-refractivity contribution in [2.24, 2.45) is 0 Å². The average molecular weight is 660 g/mol. The lowest BCUT2D eigenvalue weighted by atomic mass is 10.00. The van der Waals surface area contributed by atoms with Crippen LogP contribution in [0.4, 0.5) is 0 Å². The molecule has 0 saturated heterocycles. The van der Waals surface area contributed by atoms with E-state index in [1.54, 1.807) is 0 Å². The minimum Gasteiger partial charge on any atom is -0.309 e. The van der Waals surface area contributed by atoms with Gasteiger partial charge in [0.1, 0.15) is 5.82 Å². The molecule has 0 atom stereocenters. The summed E-state index contributed by atoms with van der Waals surface area (Å²) in [5.41, 5.74) is 13.0. The number of nitrogens with zero attached hydrogens (tertiary/aromatic N) is 3. The first-order valence-electron chi connectivity index (χ1n) is 17.9. The first-order valence-corrected chi connectivity index (χ1v) is 17.9. The highest BCUT2D eigenvalue weighted by molar-refractivity contribution is 6.16. The highest BCUT2D eigenvalue weighted by Gasteiger charge is 2.24. The maximum Gasteiger partial charge on any atom is 0.138 e. The number of aromatic nitrogens is 3. The summed E-state index contributed by atoms with van der Waals surface area (Å²) in [6.07, 6.45) is 0. The second kappa shape index (κ2) is 10.3. The van der Waals surface area contributed by atoms with Crippen molar-refractivity contribution in [1.29, 1.82) is 0 Å². The van der Waals surface area contributed by atoms with Gasteiger partial charge >= 0.3 is 0 Å². The van der Waals surface area contributed by atoms with Crippen LogP contribution in [0.3, 0.4) is 0 Å². The van der Waals surface area contributed by atoms with Gasteiger partial charge in [-0.15, -0.1) is 0 Å². The summed E-state index contributed by atoms with van der Waals surface area (Å²) < 4.78 is 4.74. The lowest BCUT2D eigenvalue weighted by Gasteiger charge is -2.10. The van der Waals surface area contributed by atoms with Crippen LogP contribution in [-0.2, 0) is 0 Å². The molecule has 12 rings (SSSR count). The second-order valence-electron chi connectivity index (χ2n) is 14.0. The van der Waals surface area contributed by atoms with Crippen molar-refractivity contribution in [1.82, 2.24) is 14.1 Å². The minimum atomic E-state index is 0.935. The lowest BCUT2D eigenvalue weighted by Crippen LogP contribution is -1.98. The molecule has 3 heterocycles. The molecule has 3 heteroatoms. The van der Waals surface area contributed by atoms with E-state index in [1.807, 2.05) is 0 Å². The van der Waals surface area contributed by atoms with Gasteiger partial charge in [0.25, 0.3) is 0 Å². The Morgan fingerprint density at radius 3 is 1.77 bits per heavy atom. The molecule has 0 unspecified atom stereocenters. The molecule has 8 aromatic carbocycles. The number of hydrogen-bond donors (Lipinski definition) is 0. The Morgan fingerprint density at radius 1 is 0.346 bits per heavy atom. The highest BCUT2D eigenvalue weighted by Crippen LogP contribution is 2.47. The van der Waals surface area contributed by atoms with E-state index in [0.717, 1.165) is 22.5 Å². The van der Waals surface area contributed by atoms with Crippen molar-refractivity contribution >= 4 is 65.2 Å². The molecule has 0 saturated carbocycles. The lowest BCUT2D eigenvalue weighted by molar-refractivity contribution is 1.09. The first-order chi connectivity index (χ1) is 25.8. The fraction of sp³-hybridized carbons (Fsp3) is 0. The molecular weight excluding hydrogens is 631 g/mol. The largest absolute Gasteiger partial charge is 0.309 e. The molecule has 0 fully saturated rings. The molecule has 0 aliphatic heterocycles. The predicted molar refractivity (Wildman–Crippen MR) is 218 cm³/mol. The zero-order valence-electron chi connectivity index (χ0n) is 28.1. The Hall–Kier alpha value is -6.97. The smallest absolute Gasteiger partial charge is 0.138 e. The third-order valence-electron chi connectivity index (χ3n) is 11.2. The van der Waals surface area contributed by atoms with Gasteiger partial charge in [0.2, 0.25) is 0 Å². The summed E-state index contributed by atoms with van der Waals surface area (Å²) in [5.74, 6) is 0.935. The zero-order chi connectivity index (χ0) is 33.9. The van der Waals surface area contributed by atoms with Crippen LogP contribution in [0.15, 0.2) is 176 Å². The minimum absolute atomic E-state index is 0.935. The molecule has 0 radical (unpaired) electrons. The van der Waals surface area contributed by atoms with Crippen LogP contribution >= 0.6 is 0 Å². The van der Waals surface area contributed by atoms with Crippen LogP contribution < -0.4 is 0 Å². The maximum atomic E-state index is 5.39. The summed E-state index contributed by atoms with van der Waals surface area (Å²) in [6, 6.07) is 64.2. The van der Waals surface area contributed by atoms with Crippen LogP contribution in [0.25, 0.3) is 110 Å². The number of fused-ring (bicyclic) bond motifs is 10. The van der Waals surface area contributed by atoms with Gasteiger partial charge in [0.05, 0.1) is 27.8 Å². The monoisotopic (exact) mass is 659 g/mol. The van der Waals surface area contributed by atoms with E-state index in [9.17, 15) is 0 Å². The molecule has 52 heavy (non-hydrogen) atoms. The average Bonchev–Trinajstić information content (AvgIpc) is 3.83. The molecule has 0 N–H and O–H groups in total. The first kappa shape index (κ1) is 27.8. The molecule has 3 nitrogen and oxygen atoms in total. The fourth-order valence-corrected chi connectivity index (χ4v) is 8.90. The second-order valence-corrected chi connectivity index (χ2v) is 14.0. The van der Waals surface area contributed by atoms with E-state index in [1.165, 1.54) is 87.6 Å². The van der Waals surface area contributed by atoms with Gasteiger partial charge in [-0.25, -0.2) is 4.98 Å². The van der Waals surface area contributed by atoms with E-state index >= 15 is 0 Å². The Labute approximate surface area is 299 Å². The number of pyridine rings is 1. The van der Waals surface area contributed by atoms with Crippen LogP contribution in [0.2, 0.25) is 0 Å². The van der Waals surface area contributed by atoms with Crippen molar-refractivity contribution in [3.63, 3.8) is 0 Å². The number of para-hydroxylation sites is 2. The van der Waals surface area contributed by atoms with E-state index in [0.29, 0.717) is 0 Å². The van der Waals surface area contributed by atoms with Crippen molar-refractivity contribution < 1.29 is 0 Å². The molecular formula is C49H29N3. The van der Waals surface area contributed by atoms with Crippen molar-refractivity contribution in [2.75, 3.05) is 0 Å². The normalized spacial score (nSPS) is 12.2. The van der Waals surface area contributed by atoms with E-state index in [-0.39, 0.29) is 0 Å².